The van der Waals surface area contributed by atoms with E-state index in [4.69, 9.17) is 0 Å². The third-order valence-corrected chi connectivity index (χ3v) is 4.58. The van der Waals surface area contributed by atoms with Gasteiger partial charge in [-0.3, -0.25) is 14.9 Å². The number of anilines is 1. The summed E-state index contributed by atoms with van der Waals surface area (Å²) in [5.41, 5.74) is -0.807. The van der Waals surface area contributed by atoms with E-state index in [0.29, 0.717) is 24.5 Å². The number of aryl methyl sites for hydroxylation is 1. The van der Waals surface area contributed by atoms with Crippen LogP contribution in [0.4, 0.5) is 24.7 Å². The van der Waals surface area contributed by atoms with Gasteiger partial charge in [-0.2, -0.15) is 13.2 Å². The highest BCUT2D eigenvalue weighted by Crippen LogP contribution is 2.32. The van der Waals surface area contributed by atoms with Gasteiger partial charge in [0.1, 0.15) is 12.0 Å². The molecule has 148 valence electrons. The highest BCUT2D eigenvalue weighted by atomic mass is 19.4. The fourth-order valence-electron chi connectivity index (χ4n) is 3.19. The number of nitro groups is 1. The number of hydrogen-bond acceptors (Lipinski definition) is 5. The summed E-state index contributed by atoms with van der Waals surface area (Å²) in [6.07, 6.45) is -3.44. The lowest BCUT2D eigenvalue weighted by molar-refractivity contribution is -0.385. The summed E-state index contributed by atoms with van der Waals surface area (Å²) in [7, 11) is 0. The number of halogens is 3. The molecule has 0 unspecified atom stereocenters. The maximum absolute atomic E-state index is 13.2. The third-order valence-electron chi connectivity index (χ3n) is 4.58. The molecule has 3 rings (SSSR count). The fraction of sp³-hybridized carbons (Fsp3) is 0.333. The van der Waals surface area contributed by atoms with Crippen LogP contribution in [0.25, 0.3) is 0 Å². The molecule has 1 aromatic heterocycles. The molecule has 2 aromatic rings. The van der Waals surface area contributed by atoms with Gasteiger partial charge in [-0.15, -0.1) is 0 Å². The van der Waals surface area contributed by atoms with E-state index in [2.05, 4.69) is 4.98 Å². The SMILES string of the molecule is Cc1cc([N+](=O)[O-])cnc1N1CCN(C(=O)c2ccccc2C(F)(F)F)CC1. The third kappa shape index (κ3) is 3.90. The first-order valence-corrected chi connectivity index (χ1v) is 8.50. The number of amides is 1. The van der Waals surface area contributed by atoms with Crippen LogP contribution >= 0.6 is 0 Å². The van der Waals surface area contributed by atoms with Crippen LogP contribution in [0, 0.1) is 17.0 Å². The zero-order chi connectivity index (χ0) is 20.5. The van der Waals surface area contributed by atoms with Crippen LogP contribution in [-0.2, 0) is 6.18 Å². The minimum absolute atomic E-state index is 0.112. The van der Waals surface area contributed by atoms with E-state index in [-0.39, 0.29) is 24.3 Å². The Hall–Kier alpha value is -3.17. The molecule has 0 radical (unpaired) electrons. The number of benzene rings is 1. The molecule has 0 atom stereocenters. The number of pyridine rings is 1. The molecule has 0 saturated carbocycles. The van der Waals surface area contributed by atoms with Crippen LogP contribution < -0.4 is 4.90 Å². The summed E-state index contributed by atoms with van der Waals surface area (Å²) < 4.78 is 39.5. The van der Waals surface area contributed by atoms with Crippen LogP contribution in [0.15, 0.2) is 36.5 Å². The molecule has 1 aromatic carbocycles. The summed E-state index contributed by atoms with van der Waals surface area (Å²) in [5.74, 6) is -0.102. The van der Waals surface area contributed by atoms with E-state index in [0.717, 1.165) is 6.07 Å². The number of piperazine rings is 1. The van der Waals surface area contributed by atoms with E-state index >= 15 is 0 Å². The number of rotatable bonds is 3. The van der Waals surface area contributed by atoms with Crippen molar-refractivity contribution in [2.75, 3.05) is 31.1 Å². The van der Waals surface area contributed by atoms with Crippen molar-refractivity contribution in [3.05, 3.63) is 63.3 Å². The average molecular weight is 394 g/mol. The normalized spacial score (nSPS) is 14.9. The lowest BCUT2D eigenvalue weighted by Crippen LogP contribution is -2.49. The van der Waals surface area contributed by atoms with Crippen LogP contribution in [0.1, 0.15) is 21.5 Å². The van der Waals surface area contributed by atoms with Gasteiger partial charge in [-0.25, -0.2) is 4.98 Å². The van der Waals surface area contributed by atoms with E-state index in [1.807, 2.05) is 4.90 Å². The largest absolute Gasteiger partial charge is 0.417 e. The van der Waals surface area contributed by atoms with E-state index < -0.39 is 22.6 Å². The smallest absolute Gasteiger partial charge is 0.353 e. The zero-order valence-corrected chi connectivity index (χ0v) is 14.9. The number of nitrogens with zero attached hydrogens (tertiary/aromatic N) is 4. The van der Waals surface area contributed by atoms with Crippen molar-refractivity contribution in [3.8, 4) is 0 Å². The first-order valence-electron chi connectivity index (χ1n) is 8.50. The van der Waals surface area contributed by atoms with Gasteiger partial charge in [-0.05, 0) is 24.6 Å². The summed E-state index contributed by atoms with van der Waals surface area (Å²) in [6, 6.07) is 6.15. The quantitative estimate of drug-likeness (QED) is 0.590. The van der Waals surface area contributed by atoms with Gasteiger partial charge >= 0.3 is 6.18 Å². The molecule has 7 nitrogen and oxygen atoms in total. The minimum Gasteiger partial charge on any atom is -0.353 e. The van der Waals surface area contributed by atoms with Crippen molar-refractivity contribution in [3.63, 3.8) is 0 Å². The molecule has 1 fully saturated rings. The summed E-state index contributed by atoms with van der Waals surface area (Å²) in [6.45, 7) is 2.88. The first kappa shape index (κ1) is 19.6. The van der Waals surface area contributed by atoms with E-state index in [1.54, 1.807) is 6.92 Å². The Bertz CT molecular complexity index is 909. The average Bonchev–Trinajstić information content (AvgIpc) is 2.67. The Labute approximate surface area is 158 Å². The number of alkyl halides is 3. The van der Waals surface area contributed by atoms with Crippen molar-refractivity contribution in [2.24, 2.45) is 0 Å². The van der Waals surface area contributed by atoms with Crippen LogP contribution in [0.5, 0.6) is 0 Å². The van der Waals surface area contributed by atoms with E-state index in [1.165, 1.54) is 35.4 Å². The predicted octanol–water partition coefficient (Wildman–Crippen LogP) is 3.28. The number of carbonyl (C=O) groups excluding carboxylic acids is 1. The lowest BCUT2D eigenvalue weighted by Gasteiger charge is -2.36. The highest BCUT2D eigenvalue weighted by Gasteiger charge is 2.36. The molecular weight excluding hydrogens is 377 g/mol. The minimum atomic E-state index is -4.60. The Balaban J connectivity index is 1.73. The standard InChI is InChI=1S/C18H17F3N4O3/c1-12-10-13(25(27)28)11-22-16(12)23-6-8-24(9-7-23)17(26)14-4-2-3-5-15(14)18(19,20)21/h2-5,10-11H,6-9H2,1H3. The molecule has 1 aliphatic heterocycles. The van der Waals surface area contributed by atoms with Gasteiger partial charge < -0.3 is 9.80 Å². The topological polar surface area (TPSA) is 79.6 Å². The summed E-state index contributed by atoms with van der Waals surface area (Å²) in [5, 5.41) is 10.8. The Morgan fingerprint density at radius 1 is 1.18 bits per heavy atom. The van der Waals surface area contributed by atoms with Crippen molar-refractivity contribution >= 4 is 17.4 Å². The summed E-state index contributed by atoms with van der Waals surface area (Å²) >= 11 is 0. The van der Waals surface area contributed by atoms with Gasteiger partial charge in [-0.1, -0.05) is 12.1 Å². The molecule has 0 bridgehead atoms. The van der Waals surface area contributed by atoms with Crippen LogP contribution in [0.2, 0.25) is 0 Å². The Morgan fingerprint density at radius 3 is 2.39 bits per heavy atom. The van der Waals surface area contributed by atoms with Crippen LogP contribution in [0.3, 0.4) is 0 Å². The highest BCUT2D eigenvalue weighted by molar-refractivity contribution is 5.96. The van der Waals surface area contributed by atoms with Gasteiger partial charge in [0.05, 0.1) is 16.1 Å². The molecular formula is C18H17F3N4O3. The second kappa shape index (κ2) is 7.45. The maximum atomic E-state index is 13.2. The second-order valence-corrected chi connectivity index (χ2v) is 6.41. The van der Waals surface area contributed by atoms with Crippen molar-refractivity contribution in [1.29, 1.82) is 0 Å². The van der Waals surface area contributed by atoms with Crippen LogP contribution in [-0.4, -0.2) is 46.9 Å². The number of aromatic nitrogens is 1. The number of carbonyl (C=O) groups is 1. The van der Waals surface area contributed by atoms with Gasteiger partial charge in [0, 0.05) is 32.2 Å². The van der Waals surface area contributed by atoms with Crippen molar-refractivity contribution in [2.45, 2.75) is 13.1 Å². The Kier molecular flexibility index (Phi) is 5.21. The molecule has 0 spiro atoms. The fourth-order valence-corrected chi connectivity index (χ4v) is 3.19. The van der Waals surface area contributed by atoms with Crippen molar-refractivity contribution < 1.29 is 22.9 Å². The molecule has 1 amide bonds. The summed E-state index contributed by atoms with van der Waals surface area (Å²) in [4.78, 5) is 30.3. The van der Waals surface area contributed by atoms with E-state index in [9.17, 15) is 28.1 Å². The Morgan fingerprint density at radius 2 is 1.82 bits per heavy atom. The lowest BCUT2D eigenvalue weighted by atomic mass is 10.1. The molecule has 0 aliphatic carbocycles. The maximum Gasteiger partial charge on any atom is 0.417 e. The van der Waals surface area contributed by atoms with Crippen molar-refractivity contribution in [1.82, 2.24) is 9.88 Å². The molecule has 2 heterocycles. The second-order valence-electron chi connectivity index (χ2n) is 6.41. The monoisotopic (exact) mass is 394 g/mol. The number of hydrogen-bond donors (Lipinski definition) is 0. The molecule has 10 heteroatoms. The predicted molar refractivity (Wildman–Crippen MR) is 95.2 cm³/mol. The van der Waals surface area contributed by atoms with Gasteiger partial charge in [0.25, 0.3) is 11.6 Å². The van der Waals surface area contributed by atoms with Gasteiger partial charge in [0.15, 0.2) is 0 Å². The molecule has 28 heavy (non-hydrogen) atoms. The zero-order valence-electron chi connectivity index (χ0n) is 14.9. The molecule has 1 saturated heterocycles. The molecule has 0 N–H and O–H groups in total. The first-order chi connectivity index (χ1) is 13.2. The van der Waals surface area contributed by atoms with Gasteiger partial charge in [0.2, 0.25) is 0 Å². The molecule has 1 aliphatic rings.